The fourth-order valence-electron chi connectivity index (χ4n) is 1.21. The van der Waals surface area contributed by atoms with E-state index in [-0.39, 0.29) is 6.10 Å². The smallest absolute Gasteiger partial charge is 0.146 e. The summed E-state index contributed by atoms with van der Waals surface area (Å²) in [5.41, 5.74) is 6.43. The molecule has 0 saturated heterocycles. The summed E-state index contributed by atoms with van der Waals surface area (Å²) in [6.07, 6.45) is -1.00. The molecule has 0 spiro atoms. The molecule has 5 heteroatoms. The Morgan fingerprint density at radius 3 is 2.69 bits per heavy atom. The number of benzene rings is 1. The summed E-state index contributed by atoms with van der Waals surface area (Å²) < 4.78 is 5.53. The highest BCUT2D eigenvalue weighted by Gasteiger charge is 2.08. The molecule has 0 aromatic heterocycles. The van der Waals surface area contributed by atoms with Crippen molar-refractivity contribution >= 4 is 23.1 Å². The van der Waals surface area contributed by atoms with Gasteiger partial charge in [0.25, 0.3) is 0 Å². The minimum atomic E-state index is -1.04. The van der Waals surface area contributed by atoms with Gasteiger partial charge in [-0.1, -0.05) is 6.07 Å². The van der Waals surface area contributed by atoms with Crippen LogP contribution in [0, 0.1) is 0 Å². The fraction of sp³-hybridized carbons (Fsp3) is 0.364. The van der Waals surface area contributed by atoms with Crippen LogP contribution in [-0.2, 0) is 0 Å². The Hall–Kier alpha value is -1.26. The first kappa shape index (κ1) is 12.8. The molecule has 16 heavy (non-hydrogen) atoms. The quantitative estimate of drug-likeness (QED) is 0.479. The standard InChI is InChI=1S/C11H14N2O2S/c1-7(2)15-10-4-3-8(11(12)14)5-9(10)13-6-16/h3-5,7,11,14H,12H2,1-2H3. The van der Waals surface area contributed by atoms with Crippen molar-refractivity contribution in [3.8, 4) is 5.75 Å². The van der Waals surface area contributed by atoms with Crippen LogP contribution in [0.15, 0.2) is 23.2 Å². The van der Waals surface area contributed by atoms with Crippen molar-refractivity contribution in [3.05, 3.63) is 23.8 Å². The lowest BCUT2D eigenvalue weighted by Gasteiger charge is -2.13. The first-order chi connectivity index (χ1) is 7.54. The first-order valence-corrected chi connectivity index (χ1v) is 5.27. The zero-order chi connectivity index (χ0) is 12.1. The van der Waals surface area contributed by atoms with E-state index in [2.05, 4.69) is 22.4 Å². The molecule has 0 aliphatic carbocycles. The van der Waals surface area contributed by atoms with E-state index in [0.29, 0.717) is 17.0 Å². The van der Waals surface area contributed by atoms with Crippen LogP contribution in [-0.4, -0.2) is 16.4 Å². The Morgan fingerprint density at radius 2 is 2.19 bits per heavy atom. The third-order valence-electron chi connectivity index (χ3n) is 1.85. The van der Waals surface area contributed by atoms with Gasteiger partial charge in [0.15, 0.2) is 0 Å². The maximum absolute atomic E-state index is 9.24. The van der Waals surface area contributed by atoms with Crippen molar-refractivity contribution in [2.45, 2.75) is 26.2 Å². The molecule has 86 valence electrons. The van der Waals surface area contributed by atoms with Gasteiger partial charge in [-0.25, -0.2) is 0 Å². The normalized spacial score (nSPS) is 12.1. The second-order valence-corrected chi connectivity index (χ2v) is 3.72. The Bertz CT molecular complexity index is 412. The highest BCUT2D eigenvalue weighted by Crippen LogP contribution is 2.30. The van der Waals surface area contributed by atoms with E-state index < -0.39 is 6.23 Å². The molecule has 1 rings (SSSR count). The molecule has 0 heterocycles. The van der Waals surface area contributed by atoms with E-state index in [1.165, 1.54) is 0 Å². The summed E-state index contributed by atoms with van der Waals surface area (Å²) in [5.74, 6) is 0.594. The lowest BCUT2D eigenvalue weighted by atomic mass is 10.1. The molecule has 0 bridgehead atoms. The van der Waals surface area contributed by atoms with Crippen LogP contribution in [0.25, 0.3) is 0 Å². The molecule has 1 aromatic carbocycles. The van der Waals surface area contributed by atoms with E-state index in [9.17, 15) is 5.11 Å². The molecule has 4 nitrogen and oxygen atoms in total. The predicted molar refractivity (Wildman–Crippen MR) is 66.0 cm³/mol. The summed E-state index contributed by atoms with van der Waals surface area (Å²) in [6, 6.07) is 5.02. The van der Waals surface area contributed by atoms with Crippen LogP contribution >= 0.6 is 12.2 Å². The molecule has 0 radical (unpaired) electrons. The number of rotatable bonds is 4. The Kier molecular flexibility index (Phi) is 4.58. The van der Waals surface area contributed by atoms with Crippen molar-refractivity contribution in [1.29, 1.82) is 0 Å². The van der Waals surface area contributed by atoms with E-state index >= 15 is 0 Å². The molecule has 3 N–H and O–H groups in total. The number of nitrogens with zero attached hydrogens (tertiary/aromatic N) is 1. The van der Waals surface area contributed by atoms with E-state index in [1.807, 2.05) is 13.8 Å². The molecular weight excluding hydrogens is 224 g/mol. The van der Waals surface area contributed by atoms with Crippen LogP contribution < -0.4 is 10.5 Å². The number of isothiocyanates is 1. The van der Waals surface area contributed by atoms with Crippen molar-refractivity contribution in [1.82, 2.24) is 0 Å². The van der Waals surface area contributed by atoms with Gasteiger partial charge in [0.2, 0.25) is 0 Å². The van der Waals surface area contributed by atoms with Crippen molar-refractivity contribution < 1.29 is 9.84 Å². The molecule has 1 aromatic rings. The fourth-order valence-corrected chi connectivity index (χ4v) is 1.31. The largest absolute Gasteiger partial charge is 0.489 e. The summed E-state index contributed by atoms with van der Waals surface area (Å²) in [6.45, 7) is 3.83. The molecule has 0 aliphatic rings. The number of aliphatic hydroxyl groups is 1. The number of thiocarbonyl (C=S) groups is 1. The molecular formula is C11H14N2O2S. The van der Waals surface area contributed by atoms with Crippen LogP contribution in [0.2, 0.25) is 0 Å². The number of aliphatic hydroxyl groups excluding tert-OH is 1. The van der Waals surface area contributed by atoms with Gasteiger partial charge in [-0.05, 0) is 43.8 Å². The monoisotopic (exact) mass is 238 g/mol. The zero-order valence-corrected chi connectivity index (χ0v) is 9.99. The summed E-state index contributed by atoms with van der Waals surface area (Å²) in [4.78, 5) is 3.88. The molecule has 0 saturated carbocycles. The highest BCUT2D eigenvalue weighted by molar-refractivity contribution is 7.78. The lowest BCUT2D eigenvalue weighted by molar-refractivity contribution is 0.186. The van der Waals surface area contributed by atoms with Crippen LogP contribution in [0.1, 0.15) is 25.6 Å². The third kappa shape index (κ3) is 3.40. The van der Waals surface area contributed by atoms with Gasteiger partial charge in [-0.15, -0.1) is 0 Å². The minimum Gasteiger partial charge on any atom is -0.489 e. The Balaban J connectivity index is 3.13. The van der Waals surface area contributed by atoms with Crippen molar-refractivity contribution in [2.24, 2.45) is 10.7 Å². The number of nitrogens with two attached hydrogens (primary N) is 1. The third-order valence-corrected chi connectivity index (χ3v) is 1.94. The first-order valence-electron chi connectivity index (χ1n) is 4.86. The minimum absolute atomic E-state index is 0.0349. The molecule has 0 aliphatic heterocycles. The zero-order valence-electron chi connectivity index (χ0n) is 9.18. The maximum Gasteiger partial charge on any atom is 0.146 e. The molecule has 1 atom stereocenters. The number of aliphatic imine (C=N–C) groups is 1. The highest BCUT2D eigenvalue weighted by atomic mass is 32.1. The van der Waals surface area contributed by atoms with Gasteiger partial charge in [0.05, 0.1) is 11.3 Å². The molecule has 0 amide bonds. The average Bonchev–Trinajstić information content (AvgIpc) is 2.20. The predicted octanol–water partition coefficient (Wildman–Crippen LogP) is 2.16. The topological polar surface area (TPSA) is 67.8 Å². The average molecular weight is 238 g/mol. The summed E-state index contributed by atoms with van der Waals surface area (Å²) in [7, 11) is 0. The van der Waals surface area contributed by atoms with E-state index in [0.717, 1.165) is 0 Å². The van der Waals surface area contributed by atoms with Crippen LogP contribution in [0.3, 0.4) is 0 Å². The van der Waals surface area contributed by atoms with Gasteiger partial charge in [0, 0.05) is 0 Å². The lowest BCUT2D eigenvalue weighted by Crippen LogP contribution is -2.09. The van der Waals surface area contributed by atoms with Gasteiger partial charge >= 0.3 is 0 Å². The number of hydrogen-bond acceptors (Lipinski definition) is 5. The van der Waals surface area contributed by atoms with Crippen LogP contribution in [0.5, 0.6) is 5.75 Å². The van der Waals surface area contributed by atoms with Gasteiger partial charge in [-0.3, -0.25) is 0 Å². The Labute approximate surface area is 99.8 Å². The summed E-state index contributed by atoms with van der Waals surface area (Å²) in [5, 5.41) is 11.5. The number of hydrogen-bond donors (Lipinski definition) is 2. The SMILES string of the molecule is CC(C)Oc1ccc(C(N)O)cc1N=C=S. The number of ether oxygens (including phenoxy) is 1. The van der Waals surface area contributed by atoms with Gasteiger partial charge < -0.3 is 15.6 Å². The summed E-state index contributed by atoms with van der Waals surface area (Å²) >= 11 is 4.55. The second kappa shape index (κ2) is 5.72. The van der Waals surface area contributed by atoms with Crippen LogP contribution in [0.4, 0.5) is 5.69 Å². The van der Waals surface area contributed by atoms with Crippen molar-refractivity contribution in [3.63, 3.8) is 0 Å². The van der Waals surface area contributed by atoms with Gasteiger partial charge in [-0.2, -0.15) is 4.99 Å². The van der Waals surface area contributed by atoms with E-state index in [1.54, 1.807) is 18.2 Å². The second-order valence-electron chi connectivity index (χ2n) is 3.54. The van der Waals surface area contributed by atoms with Crippen molar-refractivity contribution in [2.75, 3.05) is 0 Å². The van der Waals surface area contributed by atoms with E-state index in [4.69, 9.17) is 10.5 Å². The molecule has 0 fully saturated rings. The van der Waals surface area contributed by atoms with Gasteiger partial charge in [0.1, 0.15) is 17.7 Å². The maximum atomic E-state index is 9.24. The molecule has 1 unspecified atom stereocenters. The Morgan fingerprint density at radius 1 is 1.50 bits per heavy atom.